The molecule has 0 aliphatic rings. The maximum absolute atomic E-state index is 11.4. The molecule has 0 spiro atoms. The molecule has 3 N–H and O–H groups in total. The van der Waals surface area contributed by atoms with Crippen LogP contribution in [0.25, 0.3) is 0 Å². The summed E-state index contributed by atoms with van der Waals surface area (Å²) >= 11 is 0. The summed E-state index contributed by atoms with van der Waals surface area (Å²) in [6.07, 6.45) is 5.00. The number of carboxylic acid groups (broad SMARTS) is 1. The SMILES string of the molecule is C#CCNC(=O)C(C)NC(C(=O)O)C(C)C. The third kappa shape index (κ3) is 4.80. The Labute approximate surface area is 95.6 Å². The lowest BCUT2D eigenvalue weighted by Crippen LogP contribution is -2.51. The first-order valence-electron chi connectivity index (χ1n) is 5.10. The quantitative estimate of drug-likeness (QED) is 0.549. The van der Waals surface area contributed by atoms with Gasteiger partial charge in [-0.3, -0.25) is 14.9 Å². The van der Waals surface area contributed by atoms with Crippen LogP contribution in [0.5, 0.6) is 0 Å². The summed E-state index contributed by atoms with van der Waals surface area (Å²) in [4.78, 5) is 22.3. The number of carbonyl (C=O) groups is 2. The van der Waals surface area contributed by atoms with Gasteiger partial charge in [-0.2, -0.15) is 0 Å². The average molecular weight is 226 g/mol. The zero-order valence-corrected chi connectivity index (χ0v) is 9.78. The Balaban J connectivity index is 4.30. The molecule has 90 valence electrons. The Morgan fingerprint density at radius 3 is 2.31 bits per heavy atom. The van der Waals surface area contributed by atoms with E-state index >= 15 is 0 Å². The molecule has 2 unspecified atom stereocenters. The minimum Gasteiger partial charge on any atom is -0.480 e. The topological polar surface area (TPSA) is 78.4 Å². The van der Waals surface area contributed by atoms with Gasteiger partial charge in [0, 0.05) is 0 Å². The number of carboxylic acids is 1. The monoisotopic (exact) mass is 226 g/mol. The van der Waals surface area contributed by atoms with Crippen molar-refractivity contribution in [1.29, 1.82) is 0 Å². The van der Waals surface area contributed by atoms with E-state index in [9.17, 15) is 9.59 Å². The summed E-state index contributed by atoms with van der Waals surface area (Å²) < 4.78 is 0. The number of amides is 1. The molecular formula is C11H18N2O3. The number of rotatable bonds is 6. The first-order chi connectivity index (χ1) is 7.40. The van der Waals surface area contributed by atoms with Crippen molar-refractivity contribution in [1.82, 2.24) is 10.6 Å². The van der Waals surface area contributed by atoms with E-state index in [2.05, 4.69) is 16.6 Å². The second kappa shape index (κ2) is 6.85. The number of hydrogen-bond donors (Lipinski definition) is 3. The van der Waals surface area contributed by atoms with Gasteiger partial charge in [-0.05, 0) is 12.8 Å². The van der Waals surface area contributed by atoms with Crippen LogP contribution in [0.3, 0.4) is 0 Å². The van der Waals surface area contributed by atoms with Gasteiger partial charge in [0.1, 0.15) is 6.04 Å². The average Bonchev–Trinajstić information content (AvgIpc) is 2.20. The Morgan fingerprint density at radius 2 is 1.94 bits per heavy atom. The summed E-state index contributed by atoms with van der Waals surface area (Å²) in [7, 11) is 0. The summed E-state index contributed by atoms with van der Waals surface area (Å²) in [5, 5.41) is 14.2. The highest BCUT2D eigenvalue weighted by Gasteiger charge is 2.25. The summed E-state index contributed by atoms with van der Waals surface area (Å²) in [5.41, 5.74) is 0. The van der Waals surface area contributed by atoms with Crippen molar-refractivity contribution in [2.45, 2.75) is 32.9 Å². The molecule has 0 heterocycles. The molecule has 5 nitrogen and oxygen atoms in total. The molecule has 0 saturated heterocycles. The molecule has 0 radical (unpaired) electrons. The zero-order chi connectivity index (χ0) is 12.7. The van der Waals surface area contributed by atoms with E-state index in [0.29, 0.717) is 0 Å². The van der Waals surface area contributed by atoms with E-state index < -0.39 is 18.1 Å². The highest BCUT2D eigenvalue weighted by Crippen LogP contribution is 2.03. The van der Waals surface area contributed by atoms with E-state index in [1.54, 1.807) is 20.8 Å². The van der Waals surface area contributed by atoms with Gasteiger partial charge >= 0.3 is 5.97 Å². The van der Waals surface area contributed by atoms with Gasteiger partial charge in [-0.25, -0.2) is 0 Å². The van der Waals surface area contributed by atoms with Crippen LogP contribution in [0.1, 0.15) is 20.8 Å². The lowest BCUT2D eigenvalue weighted by atomic mass is 10.0. The third-order valence-corrected chi connectivity index (χ3v) is 2.12. The molecule has 16 heavy (non-hydrogen) atoms. The van der Waals surface area contributed by atoms with E-state index in [4.69, 9.17) is 11.5 Å². The van der Waals surface area contributed by atoms with Gasteiger partial charge < -0.3 is 10.4 Å². The van der Waals surface area contributed by atoms with Crippen LogP contribution in [0.15, 0.2) is 0 Å². The highest BCUT2D eigenvalue weighted by molar-refractivity contribution is 5.82. The Hall–Kier alpha value is -1.54. The minimum atomic E-state index is -0.966. The number of terminal acetylenes is 1. The summed E-state index contributed by atoms with van der Waals surface area (Å²) in [5.74, 6) is 0.912. The van der Waals surface area contributed by atoms with Gasteiger partial charge in [0.2, 0.25) is 5.91 Å². The predicted octanol–water partition coefficient (Wildman–Crippen LogP) is -0.177. The molecule has 0 saturated carbocycles. The van der Waals surface area contributed by atoms with E-state index in [1.165, 1.54) is 0 Å². The van der Waals surface area contributed by atoms with Gasteiger partial charge in [0.05, 0.1) is 12.6 Å². The van der Waals surface area contributed by atoms with Crippen LogP contribution in [0, 0.1) is 18.3 Å². The van der Waals surface area contributed by atoms with Crippen LogP contribution < -0.4 is 10.6 Å². The first kappa shape index (κ1) is 14.5. The van der Waals surface area contributed by atoms with Crippen LogP contribution in [-0.2, 0) is 9.59 Å². The van der Waals surface area contributed by atoms with Crippen LogP contribution in [-0.4, -0.2) is 35.6 Å². The number of aliphatic carboxylic acids is 1. The normalized spacial score (nSPS) is 13.9. The van der Waals surface area contributed by atoms with Gasteiger partial charge in [-0.1, -0.05) is 19.8 Å². The van der Waals surface area contributed by atoms with Crippen molar-refractivity contribution in [2.24, 2.45) is 5.92 Å². The van der Waals surface area contributed by atoms with Crippen molar-refractivity contribution >= 4 is 11.9 Å². The lowest BCUT2D eigenvalue weighted by Gasteiger charge is -2.22. The number of carbonyl (C=O) groups excluding carboxylic acids is 1. The van der Waals surface area contributed by atoms with Crippen LogP contribution >= 0.6 is 0 Å². The highest BCUT2D eigenvalue weighted by atomic mass is 16.4. The van der Waals surface area contributed by atoms with Crippen molar-refractivity contribution in [3.8, 4) is 12.3 Å². The molecular weight excluding hydrogens is 208 g/mol. The fourth-order valence-electron chi connectivity index (χ4n) is 1.19. The van der Waals surface area contributed by atoms with E-state index in [1.807, 2.05) is 0 Å². The van der Waals surface area contributed by atoms with E-state index in [0.717, 1.165) is 0 Å². The lowest BCUT2D eigenvalue weighted by molar-refractivity contribution is -0.141. The molecule has 0 fully saturated rings. The molecule has 1 amide bonds. The second-order valence-corrected chi connectivity index (χ2v) is 3.87. The molecule has 0 rings (SSSR count). The maximum atomic E-state index is 11.4. The Morgan fingerprint density at radius 1 is 1.38 bits per heavy atom. The van der Waals surface area contributed by atoms with Gasteiger partial charge in [-0.15, -0.1) is 6.42 Å². The molecule has 5 heteroatoms. The van der Waals surface area contributed by atoms with Crippen molar-refractivity contribution < 1.29 is 14.7 Å². The van der Waals surface area contributed by atoms with Crippen LogP contribution in [0.4, 0.5) is 0 Å². The molecule has 0 aliphatic carbocycles. The molecule has 2 atom stereocenters. The van der Waals surface area contributed by atoms with Crippen molar-refractivity contribution in [3.05, 3.63) is 0 Å². The predicted molar refractivity (Wildman–Crippen MR) is 60.7 cm³/mol. The van der Waals surface area contributed by atoms with Crippen molar-refractivity contribution in [2.75, 3.05) is 6.54 Å². The summed E-state index contributed by atoms with van der Waals surface area (Å²) in [6, 6.07) is -1.33. The number of hydrogen-bond acceptors (Lipinski definition) is 3. The third-order valence-electron chi connectivity index (χ3n) is 2.12. The molecule has 0 aromatic heterocycles. The van der Waals surface area contributed by atoms with Crippen molar-refractivity contribution in [3.63, 3.8) is 0 Å². The number of nitrogens with one attached hydrogen (secondary N) is 2. The zero-order valence-electron chi connectivity index (χ0n) is 9.78. The minimum absolute atomic E-state index is 0.0969. The molecule has 0 aromatic rings. The van der Waals surface area contributed by atoms with Gasteiger partial charge in [0.25, 0.3) is 0 Å². The fourth-order valence-corrected chi connectivity index (χ4v) is 1.19. The smallest absolute Gasteiger partial charge is 0.320 e. The van der Waals surface area contributed by atoms with E-state index in [-0.39, 0.29) is 18.4 Å². The van der Waals surface area contributed by atoms with Gasteiger partial charge in [0.15, 0.2) is 0 Å². The first-order valence-corrected chi connectivity index (χ1v) is 5.10. The standard InChI is InChI=1S/C11H18N2O3/c1-5-6-12-10(14)8(4)13-9(7(2)3)11(15)16/h1,7-9,13H,6H2,2-4H3,(H,12,14)(H,15,16). The second-order valence-electron chi connectivity index (χ2n) is 3.87. The molecule has 0 aromatic carbocycles. The fraction of sp³-hybridized carbons (Fsp3) is 0.636. The maximum Gasteiger partial charge on any atom is 0.320 e. The molecule has 0 aliphatic heterocycles. The Bertz CT molecular complexity index is 294. The van der Waals surface area contributed by atoms with Crippen LogP contribution in [0.2, 0.25) is 0 Å². The molecule has 0 bridgehead atoms. The summed E-state index contributed by atoms with van der Waals surface area (Å²) in [6.45, 7) is 5.30. The largest absolute Gasteiger partial charge is 0.480 e. The Kier molecular flexibility index (Phi) is 6.19.